The van der Waals surface area contributed by atoms with Gasteiger partial charge in [0.05, 0.1) is 23.5 Å². The lowest BCUT2D eigenvalue weighted by molar-refractivity contribution is 0.708. The third-order valence-corrected chi connectivity index (χ3v) is 4.04. The molecule has 0 spiro atoms. The van der Waals surface area contributed by atoms with E-state index in [1.54, 1.807) is 0 Å². The lowest BCUT2D eigenvalue weighted by Gasteiger charge is -2.08. The maximum absolute atomic E-state index is 4.85. The minimum atomic E-state index is 0.656. The fraction of sp³-hybridized carbons (Fsp3) is 0.562. The third-order valence-electron chi connectivity index (χ3n) is 4.04. The Kier molecular flexibility index (Phi) is 3.66. The van der Waals surface area contributed by atoms with Crippen LogP contribution in [0.25, 0.3) is 5.82 Å². The summed E-state index contributed by atoms with van der Waals surface area (Å²) in [6, 6.07) is 0. The van der Waals surface area contributed by atoms with Crippen molar-refractivity contribution in [2.75, 3.05) is 0 Å². The third kappa shape index (κ3) is 2.41. The molecule has 0 radical (unpaired) electrons. The van der Waals surface area contributed by atoms with Gasteiger partial charge in [-0.25, -0.2) is 4.98 Å². The zero-order valence-corrected chi connectivity index (χ0v) is 13.3. The lowest BCUT2D eigenvalue weighted by atomic mass is 10.0. The van der Waals surface area contributed by atoms with Gasteiger partial charge in [0.25, 0.3) is 0 Å². The van der Waals surface area contributed by atoms with Gasteiger partial charge in [0, 0.05) is 19.0 Å². The SMILES string of the molecule is CCCCCC1=NCc2nc(C)cn2-c2c1c(C)nn2C. The second-order valence-electron chi connectivity index (χ2n) is 5.80. The van der Waals surface area contributed by atoms with Gasteiger partial charge in [0.15, 0.2) is 0 Å². The summed E-state index contributed by atoms with van der Waals surface area (Å²) in [6.07, 6.45) is 6.77. The van der Waals surface area contributed by atoms with Crippen molar-refractivity contribution in [1.29, 1.82) is 0 Å². The van der Waals surface area contributed by atoms with Crippen LogP contribution in [0.5, 0.6) is 0 Å². The zero-order valence-electron chi connectivity index (χ0n) is 13.3. The highest BCUT2D eigenvalue weighted by molar-refractivity contribution is 6.04. The molecular formula is C16H23N5. The van der Waals surface area contributed by atoms with Crippen molar-refractivity contribution in [3.8, 4) is 5.82 Å². The standard InChI is InChI=1S/C16H23N5/c1-5-6-7-8-13-15-12(3)19-20(4)16(15)21-10-11(2)18-14(21)9-17-13/h10H,5-9H2,1-4H3. The molecule has 112 valence electrons. The molecule has 0 amide bonds. The molecule has 0 N–H and O–H groups in total. The van der Waals surface area contributed by atoms with Crippen molar-refractivity contribution in [1.82, 2.24) is 19.3 Å². The first-order chi connectivity index (χ1) is 10.1. The first-order valence-electron chi connectivity index (χ1n) is 7.74. The van der Waals surface area contributed by atoms with Crippen LogP contribution in [0.4, 0.5) is 0 Å². The van der Waals surface area contributed by atoms with Crippen LogP contribution in [0.15, 0.2) is 11.2 Å². The normalized spacial score (nSPS) is 13.6. The topological polar surface area (TPSA) is 48.0 Å². The van der Waals surface area contributed by atoms with E-state index in [0.29, 0.717) is 6.54 Å². The number of hydrogen-bond donors (Lipinski definition) is 0. The number of imidazole rings is 1. The molecule has 3 heterocycles. The Balaban J connectivity index is 2.09. The van der Waals surface area contributed by atoms with Crippen LogP contribution in [0.1, 0.15) is 55.4 Å². The summed E-state index contributed by atoms with van der Waals surface area (Å²) >= 11 is 0. The number of hydrogen-bond acceptors (Lipinski definition) is 3. The molecule has 5 heteroatoms. The highest BCUT2D eigenvalue weighted by atomic mass is 15.3. The zero-order chi connectivity index (χ0) is 15.0. The van der Waals surface area contributed by atoms with Gasteiger partial charge in [-0.3, -0.25) is 14.2 Å². The van der Waals surface area contributed by atoms with Gasteiger partial charge < -0.3 is 0 Å². The maximum atomic E-state index is 4.85. The van der Waals surface area contributed by atoms with Crippen molar-refractivity contribution in [2.24, 2.45) is 12.0 Å². The first kappa shape index (κ1) is 14.0. The summed E-state index contributed by atoms with van der Waals surface area (Å²) in [7, 11) is 2.00. The van der Waals surface area contributed by atoms with E-state index in [9.17, 15) is 0 Å². The second kappa shape index (κ2) is 5.47. The van der Waals surface area contributed by atoms with E-state index >= 15 is 0 Å². The number of fused-ring (bicyclic) bond motifs is 3. The molecule has 0 bridgehead atoms. The number of aryl methyl sites for hydroxylation is 3. The number of unbranched alkanes of at least 4 members (excludes halogenated alkanes) is 2. The van der Waals surface area contributed by atoms with E-state index in [1.165, 1.54) is 30.5 Å². The smallest absolute Gasteiger partial charge is 0.145 e. The predicted molar refractivity (Wildman–Crippen MR) is 84.2 cm³/mol. The fourth-order valence-electron chi connectivity index (χ4n) is 3.09. The molecule has 0 atom stereocenters. The van der Waals surface area contributed by atoms with Crippen LogP contribution in [-0.4, -0.2) is 25.0 Å². The van der Waals surface area contributed by atoms with Crippen molar-refractivity contribution in [3.63, 3.8) is 0 Å². The van der Waals surface area contributed by atoms with Crippen LogP contribution in [0, 0.1) is 13.8 Å². The lowest BCUT2D eigenvalue weighted by Crippen LogP contribution is -2.08. The summed E-state index contributed by atoms with van der Waals surface area (Å²) in [5.74, 6) is 2.11. The van der Waals surface area contributed by atoms with E-state index in [1.807, 2.05) is 18.7 Å². The monoisotopic (exact) mass is 285 g/mol. The largest absolute Gasteiger partial charge is 0.286 e. The number of aliphatic imine (C=N–C) groups is 1. The molecule has 21 heavy (non-hydrogen) atoms. The highest BCUT2D eigenvalue weighted by Crippen LogP contribution is 2.26. The Morgan fingerprint density at radius 2 is 2.05 bits per heavy atom. The molecule has 0 saturated carbocycles. The highest BCUT2D eigenvalue weighted by Gasteiger charge is 2.24. The van der Waals surface area contributed by atoms with Gasteiger partial charge in [-0.1, -0.05) is 19.8 Å². The van der Waals surface area contributed by atoms with Crippen molar-refractivity contribution in [2.45, 2.75) is 53.0 Å². The van der Waals surface area contributed by atoms with Crippen molar-refractivity contribution >= 4 is 5.71 Å². The summed E-state index contributed by atoms with van der Waals surface area (Å²) in [6.45, 7) is 6.98. The number of nitrogens with zero attached hydrogens (tertiary/aromatic N) is 5. The molecule has 2 aromatic heterocycles. The average molecular weight is 285 g/mol. The van der Waals surface area contributed by atoms with E-state index in [-0.39, 0.29) is 0 Å². The van der Waals surface area contributed by atoms with Crippen LogP contribution >= 0.6 is 0 Å². The van der Waals surface area contributed by atoms with E-state index < -0.39 is 0 Å². The summed E-state index contributed by atoms with van der Waals surface area (Å²) in [4.78, 5) is 9.45. The Hall–Kier alpha value is -1.91. The maximum Gasteiger partial charge on any atom is 0.145 e. The van der Waals surface area contributed by atoms with E-state index in [4.69, 9.17) is 4.99 Å². The van der Waals surface area contributed by atoms with Gasteiger partial charge >= 0.3 is 0 Å². The molecular weight excluding hydrogens is 262 g/mol. The molecule has 1 aliphatic heterocycles. The average Bonchev–Trinajstić information content (AvgIpc) is 2.88. The van der Waals surface area contributed by atoms with Gasteiger partial charge in [0.1, 0.15) is 11.6 Å². The second-order valence-corrected chi connectivity index (χ2v) is 5.80. The quantitative estimate of drug-likeness (QED) is 0.810. The Bertz CT molecular complexity index is 690. The number of rotatable bonds is 4. The number of aromatic nitrogens is 4. The van der Waals surface area contributed by atoms with Crippen LogP contribution < -0.4 is 0 Å². The first-order valence-corrected chi connectivity index (χ1v) is 7.74. The predicted octanol–water partition coefficient (Wildman–Crippen LogP) is 3.11. The summed E-state index contributed by atoms with van der Waals surface area (Å²) in [5.41, 5.74) is 4.47. The molecule has 5 nitrogen and oxygen atoms in total. The summed E-state index contributed by atoms with van der Waals surface area (Å²) < 4.78 is 4.11. The van der Waals surface area contributed by atoms with Crippen molar-refractivity contribution in [3.05, 3.63) is 29.0 Å². The van der Waals surface area contributed by atoms with Gasteiger partial charge in [0.2, 0.25) is 0 Å². The van der Waals surface area contributed by atoms with Gasteiger partial charge in [-0.2, -0.15) is 5.10 Å². The molecule has 0 saturated heterocycles. The van der Waals surface area contributed by atoms with Crippen LogP contribution in [0.3, 0.4) is 0 Å². The molecule has 3 rings (SSSR count). The molecule has 0 unspecified atom stereocenters. The van der Waals surface area contributed by atoms with Gasteiger partial charge in [-0.05, 0) is 26.7 Å². The van der Waals surface area contributed by atoms with Crippen LogP contribution in [-0.2, 0) is 13.6 Å². The minimum absolute atomic E-state index is 0.656. The Morgan fingerprint density at radius 1 is 1.24 bits per heavy atom. The Labute approximate surface area is 125 Å². The molecule has 1 aliphatic rings. The fourth-order valence-corrected chi connectivity index (χ4v) is 3.09. The van der Waals surface area contributed by atoms with Gasteiger partial charge in [-0.15, -0.1) is 0 Å². The van der Waals surface area contributed by atoms with E-state index in [0.717, 1.165) is 29.5 Å². The minimum Gasteiger partial charge on any atom is -0.286 e. The molecule has 0 aliphatic carbocycles. The van der Waals surface area contributed by atoms with Crippen molar-refractivity contribution < 1.29 is 0 Å². The molecule has 0 aromatic carbocycles. The molecule has 2 aromatic rings. The van der Waals surface area contributed by atoms with Crippen LogP contribution in [0.2, 0.25) is 0 Å². The molecule has 0 fully saturated rings. The summed E-state index contributed by atoms with van der Waals surface area (Å²) in [5, 5.41) is 4.61. The Morgan fingerprint density at radius 3 is 2.81 bits per heavy atom. The van der Waals surface area contributed by atoms with E-state index in [2.05, 4.69) is 34.7 Å².